The number of nitrogens with two attached hydrogens (primary N) is 1. The van der Waals surface area contributed by atoms with Gasteiger partial charge < -0.3 is 11.1 Å². The number of rotatable bonds is 3. The van der Waals surface area contributed by atoms with E-state index >= 15 is 0 Å². The Morgan fingerprint density at radius 3 is 2.86 bits per heavy atom. The Morgan fingerprint density at radius 2 is 2.10 bits per heavy atom. The fourth-order valence-corrected chi connectivity index (χ4v) is 2.85. The third kappa shape index (κ3) is 2.61. The van der Waals surface area contributed by atoms with Gasteiger partial charge in [0.2, 0.25) is 5.91 Å². The predicted molar refractivity (Wildman–Crippen MR) is 80.8 cm³/mol. The molecule has 1 amide bonds. The first-order chi connectivity index (χ1) is 10.0. The van der Waals surface area contributed by atoms with E-state index in [-0.39, 0.29) is 11.9 Å². The van der Waals surface area contributed by atoms with Gasteiger partial charge in [0.1, 0.15) is 5.82 Å². The van der Waals surface area contributed by atoms with Crippen molar-refractivity contribution in [2.75, 3.05) is 5.32 Å². The second kappa shape index (κ2) is 5.20. The molecule has 1 atom stereocenters. The third-order valence-electron chi connectivity index (χ3n) is 3.96. The maximum atomic E-state index is 13.9. The maximum absolute atomic E-state index is 13.9. The lowest BCUT2D eigenvalue weighted by molar-refractivity contribution is 0.100. The van der Waals surface area contributed by atoms with Gasteiger partial charge >= 0.3 is 0 Å². The van der Waals surface area contributed by atoms with Crippen LogP contribution in [0.25, 0.3) is 0 Å². The summed E-state index contributed by atoms with van der Waals surface area (Å²) >= 11 is 0. The number of aryl methyl sites for hydroxylation is 2. The van der Waals surface area contributed by atoms with Crippen molar-refractivity contribution >= 4 is 11.6 Å². The van der Waals surface area contributed by atoms with E-state index < -0.39 is 5.91 Å². The smallest absolute Gasteiger partial charge is 0.248 e. The molecule has 0 fully saturated rings. The quantitative estimate of drug-likeness (QED) is 0.908. The lowest BCUT2D eigenvalue weighted by atomic mass is 10.0. The van der Waals surface area contributed by atoms with Crippen molar-refractivity contribution in [2.45, 2.75) is 25.8 Å². The molecule has 3 N–H and O–H groups in total. The molecule has 0 aliphatic heterocycles. The van der Waals surface area contributed by atoms with E-state index in [0.29, 0.717) is 11.3 Å². The highest BCUT2D eigenvalue weighted by atomic mass is 19.1. The van der Waals surface area contributed by atoms with Crippen LogP contribution in [0.1, 0.15) is 39.5 Å². The van der Waals surface area contributed by atoms with Crippen molar-refractivity contribution in [1.29, 1.82) is 0 Å². The molecule has 1 unspecified atom stereocenters. The van der Waals surface area contributed by atoms with Crippen LogP contribution in [-0.2, 0) is 6.42 Å². The Kier molecular flexibility index (Phi) is 3.37. The first kappa shape index (κ1) is 13.6. The number of halogens is 1. The second-order valence-corrected chi connectivity index (χ2v) is 5.50. The van der Waals surface area contributed by atoms with Crippen LogP contribution in [0, 0.1) is 12.7 Å². The molecule has 1 aliphatic carbocycles. The Balaban J connectivity index is 1.91. The van der Waals surface area contributed by atoms with E-state index in [1.54, 1.807) is 0 Å². The normalized spacial score (nSPS) is 16.6. The molecule has 0 bridgehead atoms. The van der Waals surface area contributed by atoms with Crippen LogP contribution in [0.3, 0.4) is 0 Å². The van der Waals surface area contributed by atoms with Gasteiger partial charge in [0.25, 0.3) is 0 Å². The summed E-state index contributed by atoms with van der Waals surface area (Å²) in [6.45, 7) is 2.05. The summed E-state index contributed by atoms with van der Waals surface area (Å²) in [5.41, 5.74) is 9.57. The van der Waals surface area contributed by atoms with Crippen molar-refractivity contribution < 1.29 is 9.18 Å². The van der Waals surface area contributed by atoms with Crippen LogP contribution < -0.4 is 11.1 Å². The third-order valence-corrected chi connectivity index (χ3v) is 3.96. The summed E-state index contributed by atoms with van der Waals surface area (Å²) in [5.74, 6) is -0.929. The minimum Gasteiger partial charge on any atom is -0.376 e. The number of hydrogen-bond donors (Lipinski definition) is 2. The van der Waals surface area contributed by atoms with Gasteiger partial charge in [0, 0.05) is 5.56 Å². The highest BCUT2D eigenvalue weighted by molar-refractivity contribution is 5.93. The Bertz CT molecular complexity index is 712. The predicted octanol–water partition coefficient (Wildman–Crippen LogP) is 3.33. The molecule has 4 heteroatoms. The van der Waals surface area contributed by atoms with Crippen molar-refractivity contribution in [3.63, 3.8) is 0 Å². The number of primary amides is 1. The van der Waals surface area contributed by atoms with Gasteiger partial charge in [-0.1, -0.05) is 23.8 Å². The van der Waals surface area contributed by atoms with E-state index in [9.17, 15) is 9.18 Å². The molecule has 2 aromatic carbocycles. The highest BCUT2D eigenvalue weighted by Crippen LogP contribution is 2.35. The van der Waals surface area contributed by atoms with Crippen molar-refractivity contribution in [1.82, 2.24) is 0 Å². The van der Waals surface area contributed by atoms with E-state index in [1.807, 2.05) is 6.92 Å². The SMILES string of the molecule is Cc1ccc2c(c1)C(Nc1cc(C(N)=O)ccc1F)CC2. The summed E-state index contributed by atoms with van der Waals surface area (Å²) in [7, 11) is 0. The van der Waals surface area contributed by atoms with Crippen LogP contribution >= 0.6 is 0 Å². The van der Waals surface area contributed by atoms with E-state index in [4.69, 9.17) is 5.73 Å². The lowest BCUT2D eigenvalue weighted by Gasteiger charge is -2.17. The maximum Gasteiger partial charge on any atom is 0.248 e. The number of anilines is 1. The van der Waals surface area contributed by atoms with Crippen LogP contribution in [0.15, 0.2) is 36.4 Å². The lowest BCUT2D eigenvalue weighted by Crippen LogP contribution is -2.13. The molecule has 108 valence electrons. The summed E-state index contributed by atoms with van der Waals surface area (Å²) in [5, 5.41) is 3.21. The van der Waals surface area contributed by atoms with Gasteiger partial charge in [-0.25, -0.2) is 4.39 Å². The number of carbonyl (C=O) groups is 1. The van der Waals surface area contributed by atoms with Crippen LogP contribution in [0.2, 0.25) is 0 Å². The molecular formula is C17H17FN2O. The molecule has 0 spiro atoms. The standard InChI is InChI=1S/C17H17FN2O/c1-10-2-3-11-5-7-15(13(11)8-10)20-16-9-12(17(19)21)4-6-14(16)18/h2-4,6,8-9,15,20H,5,7H2,1H3,(H2,19,21). The first-order valence-corrected chi connectivity index (χ1v) is 7.00. The monoisotopic (exact) mass is 284 g/mol. The minimum atomic E-state index is -0.555. The molecule has 2 aromatic rings. The second-order valence-electron chi connectivity index (χ2n) is 5.50. The Morgan fingerprint density at radius 1 is 1.29 bits per heavy atom. The number of hydrogen-bond acceptors (Lipinski definition) is 2. The fraction of sp³-hybridized carbons (Fsp3) is 0.235. The molecule has 3 nitrogen and oxygen atoms in total. The molecule has 0 heterocycles. The molecular weight excluding hydrogens is 267 g/mol. The molecule has 21 heavy (non-hydrogen) atoms. The first-order valence-electron chi connectivity index (χ1n) is 7.00. The number of amides is 1. The molecule has 0 radical (unpaired) electrons. The summed E-state index contributed by atoms with van der Waals surface area (Å²) in [6.07, 6.45) is 1.89. The van der Waals surface area contributed by atoms with Crippen LogP contribution in [0.5, 0.6) is 0 Å². The zero-order valence-electron chi connectivity index (χ0n) is 11.8. The molecule has 0 aromatic heterocycles. The van der Waals surface area contributed by atoms with Crippen LogP contribution in [-0.4, -0.2) is 5.91 Å². The Labute approximate surface area is 123 Å². The highest BCUT2D eigenvalue weighted by Gasteiger charge is 2.23. The summed E-state index contributed by atoms with van der Waals surface area (Å²) in [6, 6.07) is 10.6. The van der Waals surface area contributed by atoms with Crippen molar-refractivity contribution in [2.24, 2.45) is 5.73 Å². The van der Waals surface area contributed by atoms with Crippen LogP contribution in [0.4, 0.5) is 10.1 Å². The molecule has 0 saturated heterocycles. The average molecular weight is 284 g/mol. The average Bonchev–Trinajstić information content (AvgIpc) is 2.83. The van der Waals surface area contributed by atoms with Crippen molar-refractivity contribution in [3.8, 4) is 0 Å². The zero-order valence-corrected chi connectivity index (χ0v) is 11.8. The summed E-state index contributed by atoms with van der Waals surface area (Å²) in [4.78, 5) is 11.2. The number of fused-ring (bicyclic) bond motifs is 1. The molecule has 1 aliphatic rings. The number of nitrogens with one attached hydrogen (secondary N) is 1. The van der Waals surface area contributed by atoms with Gasteiger partial charge in [-0.2, -0.15) is 0 Å². The van der Waals surface area contributed by atoms with Gasteiger partial charge in [-0.15, -0.1) is 0 Å². The van der Waals surface area contributed by atoms with Crippen molar-refractivity contribution in [3.05, 3.63) is 64.5 Å². The summed E-state index contributed by atoms with van der Waals surface area (Å²) < 4.78 is 13.9. The molecule has 3 rings (SSSR count). The van der Waals surface area contributed by atoms with Gasteiger partial charge in [-0.3, -0.25) is 4.79 Å². The van der Waals surface area contributed by atoms with Gasteiger partial charge in [-0.05, 0) is 49.1 Å². The number of carbonyl (C=O) groups excluding carboxylic acids is 1. The topological polar surface area (TPSA) is 55.1 Å². The Hall–Kier alpha value is -2.36. The largest absolute Gasteiger partial charge is 0.376 e. The van der Waals surface area contributed by atoms with E-state index in [0.717, 1.165) is 12.8 Å². The van der Waals surface area contributed by atoms with E-state index in [2.05, 4.69) is 23.5 Å². The zero-order chi connectivity index (χ0) is 15.0. The van der Waals surface area contributed by atoms with Gasteiger partial charge in [0.05, 0.1) is 11.7 Å². The van der Waals surface area contributed by atoms with Gasteiger partial charge in [0.15, 0.2) is 0 Å². The fourth-order valence-electron chi connectivity index (χ4n) is 2.85. The number of benzene rings is 2. The van der Waals surface area contributed by atoms with E-state index in [1.165, 1.54) is 34.9 Å². The minimum absolute atomic E-state index is 0.0672. The molecule has 0 saturated carbocycles.